The van der Waals surface area contributed by atoms with E-state index >= 15 is 0 Å². The maximum Gasteiger partial charge on any atom is 0.207 e. The molecular weight excluding hydrogens is 766 g/mol. The van der Waals surface area contributed by atoms with Gasteiger partial charge in [-0.2, -0.15) is 0 Å². The van der Waals surface area contributed by atoms with Gasteiger partial charge in [-0.15, -0.1) is 0 Å². The number of carbonyl (C=O) groups excluding carboxylic acids is 3. The number of aliphatic hydroxyl groups excluding tert-OH is 1. The fourth-order valence-electron chi connectivity index (χ4n) is 7.84. The van der Waals surface area contributed by atoms with Crippen LogP contribution in [0.2, 0.25) is 0 Å². The molecule has 0 bridgehead atoms. The molecular formula is C43H55N3O13. The molecule has 3 aliphatic rings. The number of hydrogen-bond donors (Lipinski definition) is 4. The van der Waals surface area contributed by atoms with E-state index in [2.05, 4.69) is 16.0 Å². The lowest BCUT2D eigenvalue weighted by atomic mass is 9.93. The van der Waals surface area contributed by atoms with Gasteiger partial charge in [0.05, 0.1) is 56.3 Å². The minimum absolute atomic E-state index is 0.110. The van der Waals surface area contributed by atoms with E-state index in [1.807, 2.05) is 91.0 Å². The fourth-order valence-corrected chi connectivity index (χ4v) is 7.84. The number of methoxy groups -OCH3 is 1. The molecule has 3 aliphatic heterocycles. The first kappa shape index (κ1) is 44.2. The van der Waals surface area contributed by atoms with Crippen LogP contribution in [0.4, 0.5) is 0 Å². The van der Waals surface area contributed by atoms with Crippen LogP contribution in [-0.2, 0) is 76.8 Å². The van der Waals surface area contributed by atoms with Crippen molar-refractivity contribution in [2.75, 3.05) is 7.11 Å². The van der Waals surface area contributed by atoms with Crippen molar-refractivity contribution in [1.82, 2.24) is 16.0 Å². The van der Waals surface area contributed by atoms with Crippen molar-refractivity contribution < 1.29 is 62.1 Å². The lowest BCUT2D eigenvalue weighted by Gasteiger charge is -2.51. The molecule has 0 radical (unpaired) electrons. The number of amides is 3. The molecule has 15 atom stereocenters. The third-order valence-corrected chi connectivity index (χ3v) is 10.9. The SMILES string of the molecule is COC1OC(C)C(NC=O)C(OC2OC(C)C(NC=O)C(OCc3ccccc3)C2OC2OC(C)C(NC=O)C(OCc3ccccc3)C2O)C1OCc1ccccc1. The molecule has 0 saturated carbocycles. The van der Waals surface area contributed by atoms with Crippen LogP contribution in [-0.4, -0.2) is 123 Å². The quantitative estimate of drug-likeness (QED) is 0.121. The normalized spacial score (nSPS) is 34.6. The smallest absolute Gasteiger partial charge is 0.207 e. The molecule has 6 rings (SSSR count). The number of carbonyl (C=O) groups is 3. The summed E-state index contributed by atoms with van der Waals surface area (Å²) in [6.45, 7) is 5.67. The first-order valence-electron chi connectivity index (χ1n) is 19.8. The molecule has 0 aromatic heterocycles. The second-order valence-corrected chi connectivity index (χ2v) is 14.8. The summed E-state index contributed by atoms with van der Waals surface area (Å²) in [5, 5.41) is 20.4. The molecule has 16 heteroatoms. The maximum absolute atomic E-state index is 12.1. The van der Waals surface area contributed by atoms with Gasteiger partial charge in [-0.05, 0) is 37.5 Å². The molecule has 3 aromatic rings. The third kappa shape index (κ3) is 11.1. The summed E-state index contributed by atoms with van der Waals surface area (Å²) in [5.74, 6) is 0. The van der Waals surface area contributed by atoms with Crippen molar-refractivity contribution in [2.45, 2.75) is 133 Å². The van der Waals surface area contributed by atoms with Crippen LogP contribution in [0.1, 0.15) is 37.5 Å². The summed E-state index contributed by atoms with van der Waals surface area (Å²) < 4.78 is 57.8. The molecule has 320 valence electrons. The average Bonchev–Trinajstić information content (AvgIpc) is 3.25. The van der Waals surface area contributed by atoms with E-state index in [0.717, 1.165) is 16.7 Å². The predicted octanol–water partition coefficient (Wildman–Crippen LogP) is 2.10. The first-order chi connectivity index (χ1) is 28.8. The first-order valence-corrected chi connectivity index (χ1v) is 19.8. The highest BCUT2D eigenvalue weighted by Crippen LogP contribution is 2.36. The maximum atomic E-state index is 12.1. The highest BCUT2D eigenvalue weighted by Gasteiger charge is 2.55. The van der Waals surface area contributed by atoms with Crippen molar-refractivity contribution in [3.05, 3.63) is 108 Å². The molecule has 3 saturated heterocycles. The Bertz CT molecular complexity index is 1710. The van der Waals surface area contributed by atoms with Crippen LogP contribution in [0, 0.1) is 0 Å². The Morgan fingerprint density at radius 1 is 0.508 bits per heavy atom. The summed E-state index contributed by atoms with van der Waals surface area (Å²) in [6, 6.07) is 26.1. The van der Waals surface area contributed by atoms with Crippen LogP contribution >= 0.6 is 0 Å². The van der Waals surface area contributed by atoms with Crippen LogP contribution in [0.25, 0.3) is 0 Å². The topological polar surface area (TPSA) is 191 Å². The van der Waals surface area contributed by atoms with Crippen LogP contribution in [0.5, 0.6) is 0 Å². The fraction of sp³-hybridized carbons (Fsp3) is 0.512. The van der Waals surface area contributed by atoms with E-state index in [0.29, 0.717) is 19.2 Å². The number of ether oxygens (including phenoxy) is 9. The lowest BCUT2D eigenvalue weighted by molar-refractivity contribution is -0.372. The lowest BCUT2D eigenvalue weighted by Crippen LogP contribution is -2.69. The summed E-state index contributed by atoms with van der Waals surface area (Å²) in [6.07, 6.45) is -10.5. The Balaban J connectivity index is 1.36. The second-order valence-electron chi connectivity index (χ2n) is 14.8. The van der Waals surface area contributed by atoms with Gasteiger partial charge < -0.3 is 63.7 Å². The number of hydrogen-bond acceptors (Lipinski definition) is 13. The van der Waals surface area contributed by atoms with Gasteiger partial charge in [0.1, 0.15) is 36.6 Å². The van der Waals surface area contributed by atoms with Gasteiger partial charge in [-0.3, -0.25) is 14.4 Å². The van der Waals surface area contributed by atoms with Crippen LogP contribution < -0.4 is 16.0 Å². The van der Waals surface area contributed by atoms with Gasteiger partial charge >= 0.3 is 0 Å². The zero-order valence-corrected chi connectivity index (χ0v) is 33.5. The molecule has 0 aliphatic carbocycles. The number of rotatable bonds is 20. The van der Waals surface area contributed by atoms with Gasteiger partial charge in [0.25, 0.3) is 0 Å². The monoisotopic (exact) mass is 821 g/mol. The van der Waals surface area contributed by atoms with Crippen molar-refractivity contribution >= 4 is 19.2 Å². The van der Waals surface area contributed by atoms with E-state index in [4.69, 9.17) is 42.6 Å². The molecule has 0 spiro atoms. The van der Waals surface area contributed by atoms with Crippen molar-refractivity contribution in [3.8, 4) is 0 Å². The standard InChI is InChI=1S/C43H55N3O13/c1-26-32(44-23-47)36(52-20-29-14-8-5-9-15-29)35(50)41(55-26)59-40-37(53-21-30-16-10-6-11-17-30)33(45-24-48)27(2)57-43(40)58-38-34(46-25-49)28(3)56-42(51-4)39(38)54-22-31-18-12-7-13-19-31/h5-19,23-28,32-43,50H,20-22H2,1-4H3,(H,44,47)(H,45,48)(H,46,49). The van der Waals surface area contributed by atoms with Gasteiger partial charge in [0, 0.05) is 7.11 Å². The Morgan fingerprint density at radius 2 is 0.881 bits per heavy atom. The minimum atomic E-state index is -1.45. The molecule has 3 fully saturated rings. The van der Waals surface area contributed by atoms with Crippen LogP contribution in [0.3, 0.4) is 0 Å². The molecule has 3 amide bonds. The van der Waals surface area contributed by atoms with Gasteiger partial charge in [0.15, 0.2) is 18.9 Å². The van der Waals surface area contributed by atoms with Crippen molar-refractivity contribution in [2.24, 2.45) is 0 Å². The molecule has 4 N–H and O–H groups in total. The largest absolute Gasteiger partial charge is 0.385 e. The third-order valence-electron chi connectivity index (χ3n) is 10.9. The Morgan fingerprint density at radius 3 is 1.34 bits per heavy atom. The minimum Gasteiger partial charge on any atom is -0.385 e. The number of nitrogens with one attached hydrogen (secondary N) is 3. The van der Waals surface area contributed by atoms with E-state index in [1.54, 1.807) is 20.8 Å². The van der Waals surface area contributed by atoms with Gasteiger partial charge in [-0.25, -0.2) is 0 Å². The van der Waals surface area contributed by atoms with E-state index < -0.39 is 91.9 Å². The zero-order chi connectivity index (χ0) is 41.7. The summed E-state index contributed by atoms with van der Waals surface area (Å²) in [5.41, 5.74) is 2.58. The number of aliphatic hydroxyl groups is 1. The predicted molar refractivity (Wildman–Crippen MR) is 210 cm³/mol. The summed E-state index contributed by atoms with van der Waals surface area (Å²) in [4.78, 5) is 35.9. The Hall–Kier alpha value is -4.33. The van der Waals surface area contributed by atoms with Crippen molar-refractivity contribution in [1.29, 1.82) is 0 Å². The highest BCUT2D eigenvalue weighted by atomic mass is 16.8. The average molecular weight is 822 g/mol. The summed E-state index contributed by atoms with van der Waals surface area (Å²) >= 11 is 0. The molecule has 16 nitrogen and oxygen atoms in total. The van der Waals surface area contributed by atoms with Crippen molar-refractivity contribution in [3.63, 3.8) is 0 Å². The highest BCUT2D eigenvalue weighted by molar-refractivity contribution is 5.48. The molecule has 3 heterocycles. The molecule has 3 aromatic carbocycles. The number of benzene rings is 3. The van der Waals surface area contributed by atoms with E-state index in [9.17, 15) is 19.5 Å². The van der Waals surface area contributed by atoms with E-state index in [-0.39, 0.29) is 19.8 Å². The Labute approximate surface area is 344 Å². The Kier molecular flexibility index (Phi) is 16.3. The summed E-state index contributed by atoms with van der Waals surface area (Å²) in [7, 11) is 1.49. The zero-order valence-electron chi connectivity index (χ0n) is 33.5. The molecule has 59 heavy (non-hydrogen) atoms. The van der Waals surface area contributed by atoms with E-state index in [1.165, 1.54) is 7.11 Å². The molecule has 15 unspecified atom stereocenters. The van der Waals surface area contributed by atoms with Gasteiger partial charge in [-0.1, -0.05) is 91.0 Å². The second kappa shape index (κ2) is 21.8. The van der Waals surface area contributed by atoms with Crippen LogP contribution in [0.15, 0.2) is 91.0 Å². The van der Waals surface area contributed by atoms with Gasteiger partial charge in [0.2, 0.25) is 19.2 Å².